The van der Waals surface area contributed by atoms with Crippen LogP contribution in [0.15, 0.2) is 12.4 Å². The van der Waals surface area contributed by atoms with Gasteiger partial charge in [0.15, 0.2) is 0 Å². The lowest BCUT2D eigenvalue weighted by Gasteiger charge is -2.38. The summed E-state index contributed by atoms with van der Waals surface area (Å²) >= 11 is 2.29. The van der Waals surface area contributed by atoms with Gasteiger partial charge in [-0.25, -0.2) is 0 Å². The zero-order chi connectivity index (χ0) is 8.55. The summed E-state index contributed by atoms with van der Waals surface area (Å²) in [6.07, 6.45) is 4.02. The van der Waals surface area contributed by atoms with Crippen molar-refractivity contribution in [3.63, 3.8) is 0 Å². The molecule has 0 amide bonds. The Hall–Kier alpha value is -0.100. The molecule has 1 saturated heterocycles. The first-order valence-electron chi connectivity index (χ1n) is 4.21. The minimum Gasteiger partial charge on any atom is -0.299 e. The maximum absolute atomic E-state index is 4.29. The second-order valence-corrected chi connectivity index (χ2v) is 4.39. The molecule has 12 heavy (non-hydrogen) atoms. The zero-order valence-corrected chi connectivity index (χ0v) is 9.23. The first kappa shape index (κ1) is 8.50. The number of hydrogen-bond donors (Lipinski definition) is 0. The smallest absolute Gasteiger partial charge is 0.0773 e. The third kappa shape index (κ3) is 1.50. The second-order valence-electron chi connectivity index (χ2n) is 3.14. The Morgan fingerprint density at radius 3 is 2.92 bits per heavy atom. The highest BCUT2D eigenvalue weighted by molar-refractivity contribution is 14.1. The minimum atomic E-state index is 0.619. The number of halogens is 1. The van der Waals surface area contributed by atoms with Gasteiger partial charge in [-0.2, -0.15) is 5.10 Å². The van der Waals surface area contributed by atoms with E-state index in [9.17, 15) is 0 Å². The largest absolute Gasteiger partial charge is 0.299 e. The molecule has 0 unspecified atom stereocenters. The molecule has 0 bridgehead atoms. The van der Waals surface area contributed by atoms with E-state index < -0.39 is 0 Å². The second kappa shape index (κ2) is 3.33. The van der Waals surface area contributed by atoms with Gasteiger partial charge >= 0.3 is 0 Å². The van der Waals surface area contributed by atoms with Crippen molar-refractivity contribution in [2.45, 2.75) is 13.0 Å². The third-order valence-electron chi connectivity index (χ3n) is 2.33. The summed E-state index contributed by atoms with van der Waals surface area (Å²) in [5.41, 5.74) is 0. The van der Waals surface area contributed by atoms with Gasteiger partial charge in [-0.1, -0.05) is 6.92 Å². The van der Waals surface area contributed by atoms with Gasteiger partial charge in [0, 0.05) is 19.3 Å². The quantitative estimate of drug-likeness (QED) is 0.761. The summed E-state index contributed by atoms with van der Waals surface area (Å²) in [4.78, 5) is 2.42. The molecule has 0 aliphatic carbocycles. The summed E-state index contributed by atoms with van der Waals surface area (Å²) in [5.74, 6) is 0. The first-order chi connectivity index (χ1) is 5.79. The average Bonchev–Trinajstić information content (AvgIpc) is 2.34. The van der Waals surface area contributed by atoms with E-state index in [1.807, 2.05) is 6.20 Å². The summed E-state index contributed by atoms with van der Waals surface area (Å²) in [6.45, 7) is 5.68. The van der Waals surface area contributed by atoms with Gasteiger partial charge in [0.05, 0.1) is 15.8 Å². The number of likely N-dealkylation sites (N-methyl/N-ethyl adjacent to an activating group) is 1. The van der Waals surface area contributed by atoms with Crippen molar-refractivity contribution in [1.82, 2.24) is 14.7 Å². The summed E-state index contributed by atoms with van der Waals surface area (Å²) in [7, 11) is 0. The molecule has 3 nitrogen and oxygen atoms in total. The maximum Gasteiger partial charge on any atom is 0.0773 e. The normalized spacial score (nSPS) is 19.5. The van der Waals surface area contributed by atoms with Gasteiger partial charge in [0.25, 0.3) is 0 Å². The number of hydrogen-bond acceptors (Lipinski definition) is 2. The van der Waals surface area contributed by atoms with Gasteiger partial charge in [0.2, 0.25) is 0 Å². The highest BCUT2D eigenvalue weighted by Crippen LogP contribution is 2.20. The van der Waals surface area contributed by atoms with Gasteiger partial charge in [-0.05, 0) is 29.1 Å². The molecular formula is C8H12IN3. The molecule has 2 rings (SSSR count). The van der Waals surface area contributed by atoms with Crippen LogP contribution in [0.4, 0.5) is 0 Å². The van der Waals surface area contributed by atoms with Crippen LogP contribution < -0.4 is 0 Å². The molecule has 2 heterocycles. The Balaban J connectivity index is 1.96. The molecule has 66 valence electrons. The fourth-order valence-electron chi connectivity index (χ4n) is 1.48. The Morgan fingerprint density at radius 2 is 2.42 bits per heavy atom. The van der Waals surface area contributed by atoms with Crippen LogP contribution in [-0.4, -0.2) is 34.3 Å². The van der Waals surface area contributed by atoms with Crippen molar-refractivity contribution in [2.24, 2.45) is 0 Å². The number of aromatic nitrogens is 2. The van der Waals surface area contributed by atoms with Crippen LogP contribution in [-0.2, 0) is 0 Å². The summed E-state index contributed by atoms with van der Waals surface area (Å²) in [6, 6.07) is 0.619. The lowest BCUT2D eigenvalue weighted by molar-refractivity contribution is 0.105. The molecule has 0 atom stereocenters. The predicted molar refractivity (Wildman–Crippen MR) is 56.1 cm³/mol. The van der Waals surface area contributed by atoms with Crippen molar-refractivity contribution in [3.8, 4) is 0 Å². The summed E-state index contributed by atoms with van der Waals surface area (Å²) < 4.78 is 3.30. The molecule has 0 aromatic carbocycles. The molecule has 1 aromatic heterocycles. The Morgan fingerprint density at radius 1 is 1.67 bits per heavy atom. The van der Waals surface area contributed by atoms with E-state index in [1.54, 1.807) is 0 Å². The van der Waals surface area contributed by atoms with E-state index in [0.717, 1.165) is 19.6 Å². The van der Waals surface area contributed by atoms with Crippen LogP contribution in [0.2, 0.25) is 0 Å². The van der Waals surface area contributed by atoms with E-state index in [2.05, 4.69) is 50.4 Å². The third-order valence-corrected chi connectivity index (χ3v) is 2.89. The Labute approximate surface area is 85.9 Å². The number of nitrogens with zero attached hydrogens (tertiary/aromatic N) is 3. The number of rotatable bonds is 2. The average molecular weight is 277 g/mol. The summed E-state index contributed by atoms with van der Waals surface area (Å²) in [5, 5.41) is 4.29. The van der Waals surface area contributed by atoms with E-state index in [1.165, 1.54) is 3.57 Å². The van der Waals surface area contributed by atoms with Gasteiger partial charge in [-0.3, -0.25) is 9.58 Å². The molecule has 4 heteroatoms. The molecule has 1 fully saturated rings. The van der Waals surface area contributed by atoms with Crippen LogP contribution >= 0.6 is 22.6 Å². The van der Waals surface area contributed by atoms with Crippen molar-refractivity contribution in [1.29, 1.82) is 0 Å². The number of likely N-dealkylation sites (tertiary alicyclic amines) is 1. The van der Waals surface area contributed by atoms with Gasteiger partial charge < -0.3 is 0 Å². The molecule has 0 spiro atoms. The molecule has 0 N–H and O–H groups in total. The predicted octanol–water partition coefficient (Wildman–Crippen LogP) is 1.36. The topological polar surface area (TPSA) is 21.1 Å². The molecule has 0 saturated carbocycles. The fraction of sp³-hybridized carbons (Fsp3) is 0.625. The van der Waals surface area contributed by atoms with Crippen LogP contribution in [0.1, 0.15) is 13.0 Å². The van der Waals surface area contributed by atoms with Crippen LogP contribution in [0.3, 0.4) is 0 Å². The first-order valence-corrected chi connectivity index (χ1v) is 5.29. The van der Waals surface area contributed by atoms with E-state index >= 15 is 0 Å². The monoisotopic (exact) mass is 277 g/mol. The Bertz CT molecular complexity index is 265. The van der Waals surface area contributed by atoms with E-state index in [-0.39, 0.29) is 0 Å². The van der Waals surface area contributed by atoms with Crippen LogP contribution in [0.5, 0.6) is 0 Å². The van der Waals surface area contributed by atoms with Crippen LogP contribution in [0.25, 0.3) is 0 Å². The fourth-order valence-corrected chi connectivity index (χ4v) is 1.89. The highest BCUT2D eigenvalue weighted by Gasteiger charge is 2.26. The van der Waals surface area contributed by atoms with Crippen molar-refractivity contribution >= 4 is 22.6 Å². The van der Waals surface area contributed by atoms with Gasteiger partial charge in [-0.15, -0.1) is 0 Å². The van der Waals surface area contributed by atoms with Crippen molar-refractivity contribution in [3.05, 3.63) is 16.0 Å². The maximum atomic E-state index is 4.29. The molecule has 1 aliphatic rings. The van der Waals surface area contributed by atoms with Crippen LogP contribution in [0, 0.1) is 3.57 Å². The SMILES string of the molecule is CCN1CC(n2cc(I)cn2)C1. The highest BCUT2D eigenvalue weighted by atomic mass is 127. The van der Waals surface area contributed by atoms with Gasteiger partial charge in [0.1, 0.15) is 0 Å². The Kier molecular flexibility index (Phi) is 2.36. The molecule has 1 aromatic rings. The van der Waals surface area contributed by atoms with Crippen molar-refractivity contribution in [2.75, 3.05) is 19.6 Å². The molecular weight excluding hydrogens is 265 g/mol. The minimum absolute atomic E-state index is 0.619. The lowest BCUT2D eigenvalue weighted by atomic mass is 10.1. The van der Waals surface area contributed by atoms with Crippen molar-refractivity contribution < 1.29 is 0 Å². The van der Waals surface area contributed by atoms with E-state index in [0.29, 0.717) is 6.04 Å². The molecule has 0 radical (unpaired) electrons. The lowest BCUT2D eigenvalue weighted by Crippen LogP contribution is -2.47. The standard InChI is InChI=1S/C8H12IN3/c1-2-11-5-8(6-11)12-4-7(9)3-10-12/h3-4,8H,2,5-6H2,1H3. The zero-order valence-electron chi connectivity index (χ0n) is 7.07. The van der Waals surface area contributed by atoms with E-state index in [4.69, 9.17) is 0 Å². The molecule has 1 aliphatic heterocycles.